The SMILES string of the molecule is COC(=O)c1cccc(C(=O)Nc2cc(C)nn2-c2cc(C)c3cccc(C)c3n2)c1. The second-order valence-electron chi connectivity index (χ2n) is 7.38. The Morgan fingerprint density at radius 3 is 2.45 bits per heavy atom. The van der Waals surface area contributed by atoms with Gasteiger partial charge >= 0.3 is 5.97 Å². The number of fused-ring (bicyclic) bond motifs is 1. The summed E-state index contributed by atoms with van der Waals surface area (Å²) in [6, 6.07) is 16.2. The number of ether oxygens (including phenoxy) is 1. The molecule has 2 aromatic carbocycles. The molecule has 0 saturated carbocycles. The smallest absolute Gasteiger partial charge is 0.337 e. The zero-order chi connectivity index (χ0) is 22.1. The standard InChI is InChI=1S/C24H22N4O3/c1-14-7-5-10-19-15(2)11-20(25-22(14)19)28-21(12-16(3)27-28)26-23(29)17-8-6-9-18(13-17)24(30)31-4/h5-13H,1-4H3,(H,26,29). The first-order chi connectivity index (χ1) is 14.9. The summed E-state index contributed by atoms with van der Waals surface area (Å²) in [5.41, 5.74) is 4.42. The molecule has 0 atom stereocenters. The molecule has 156 valence electrons. The number of esters is 1. The van der Waals surface area contributed by atoms with Gasteiger partial charge in [-0.2, -0.15) is 9.78 Å². The number of nitrogens with one attached hydrogen (secondary N) is 1. The summed E-state index contributed by atoms with van der Waals surface area (Å²) in [5, 5.41) is 8.49. The summed E-state index contributed by atoms with van der Waals surface area (Å²) in [7, 11) is 1.30. The van der Waals surface area contributed by atoms with Gasteiger partial charge in [-0.3, -0.25) is 4.79 Å². The molecule has 1 amide bonds. The van der Waals surface area contributed by atoms with Crippen molar-refractivity contribution in [3.05, 3.63) is 82.5 Å². The molecule has 4 aromatic rings. The van der Waals surface area contributed by atoms with E-state index in [1.165, 1.54) is 13.2 Å². The van der Waals surface area contributed by atoms with Crippen LogP contribution in [0.4, 0.5) is 5.82 Å². The van der Waals surface area contributed by atoms with E-state index >= 15 is 0 Å². The second kappa shape index (κ2) is 8.02. The summed E-state index contributed by atoms with van der Waals surface area (Å²) in [6.07, 6.45) is 0. The van der Waals surface area contributed by atoms with Crippen molar-refractivity contribution >= 4 is 28.6 Å². The van der Waals surface area contributed by atoms with E-state index in [-0.39, 0.29) is 5.91 Å². The van der Waals surface area contributed by atoms with E-state index < -0.39 is 5.97 Å². The molecule has 0 spiro atoms. The molecule has 0 aliphatic carbocycles. The molecule has 7 nitrogen and oxygen atoms in total. The van der Waals surface area contributed by atoms with Crippen LogP contribution in [0.25, 0.3) is 16.7 Å². The fourth-order valence-corrected chi connectivity index (χ4v) is 3.51. The van der Waals surface area contributed by atoms with Gasteiger partial charge in [-0.05, 0) is 56.2 Å². The van der Waals surface area contributed by atoms with Gasteiger partial charge in [0.05, 0.1) is 23.9 Å². The molecule has 0 aliphatic rings. The minimum absolute atomic E-state index is 0.308. The third-order valence-electron chi connectivity index (χ3n) is 5.07. The number of carbonyl (C=O) groups excluding carboxylic acids is 2. The van der Waals surface area contributed by atoms with Crippen molar-refractivity contribution in [3.63, 3.8) is 0 Å². The van der Waals surface area contributed by atoms with E-state index in [1.54, 1.807) is 28.9 Å². The van der Waals surface area contributed by atoms with Gasteiger partial charge in [0.15, 0.2) is 5.82 Å². The highest BCUT2D eigenvalue weighted by Crippen LogP contribution is 2.24. The number of hydrogen-bond acceptors (Lipinski definition) is 5. The van der Waals surface area contributed by atoms with Crippen LogP contribution in [-0.4, -0.2) is 33.8 Å². The topological polar surface area (TPSA) is 86.1 Å². The largest absolute Gasteiger partial charge is 0.465 e. The van der Waals surface area contributed by atoms with Crippen molar-refractivity contribution in [2.24, 2.45) is 0 Å². The van der Waals surface area contributed by atoms with Crippen LogP contribution in [0.3, 0.4) is 0 Å². The molecule has 4 rings (SSSR count). The maximum Gasteiger partial charge on any atom is 0.337 e. The van der Waals surface area contributed by atoms with Crippen LogP contribution in [-0.2, 0) is 4.74 Å². The number of aromatic nitrogens is 3. The lowest BCUT2D eigenvalue weighted by molar-refractivity contribution is 0.0600. The maximum absolute atomic E-state index is 12.9. The van der Waals surface area contributed by atoms with Crippen molar-refractivity contribution in [3.8, 4) is 5.82 Å². The quantitative estimate of drug-likeness (QED) is 0.501. The van der Waals surface area contributed by atoms with Crippen molar-refractivity contribution in [2.45, 2.75) is 20.8 Å². The first kappa shape index (κ1) is 20.3. The molecular formula is C24H22N4O3. The van der Waals surface area contributed by atoms with Gasteiger partial charge < -0.3 is 10.1 Å². The molecule has 0 saturated heterocycles. The Bertz CT molecular complexity index is 1320. The van der Waals surface area contributed by atoms with E-state index in [4.69, 9.17) is 9.72 Å². The zero-order valence-corrected chi connectivity index (χ0v) is 17.8. The van der Waals surface area contributed by atoms with Crippen molar-refractivity contribution in [2.75, 3.05) is 12.4 Å². The predicted molar refractivity (Wildman–Crippen MR) is 119 cm³/mol. The summed E-state index contributed by atoms with van der Waals surface area (Å²) < 4.78 is 6.35. The Kier molecular flexibility index (Phi) is 5.25. The minimum atomic E-state index is -0.498. The molecule has 0 aliphatic heterocycles. The van der Waals surface area contributed by atoms with Gasteiger partial charge in [0.1, 0.15) is 5.82 Å². The number of methoxy groups -OCH3 is 1. The average molecular weight is 414 g/mol. The second-order valence-corrected chi connectivity index (χ2v) is 7.38. The number of amides is 1. The van der Waals surface area contributed by atoms with Crippen molar-refractivity contribution < 1.29 is 14.3 Å². The van der Waals surface area contributed by atoms with Gasteiger partial charge in [0.25, 0.3) is 5.91 Å². The third kappa shape index (κ3) is 3.90. The Labute approximate surface area is 179 Å². The number of anilines is 1. The highest BCUT2D eigenvalue weighted by atomic mass is 16.5. The molecule has 2 aromatic heterocycles. The fraction of sp³-hybridized carbons (Fsp3) is 0.167. The molecule has 31 heavy (non-hydrogen) atoms. The van der Waals surface area contributed by atoms with Crippen LogP contribution in [0.15, 0.2) is 54.6 Å². The monoisotopic (exact) mass is 414 g/mol. The van der Waals surface area contributed by atoms with Crippen molar-refractivity contribution in [1.82, 2.24) is 14.8 Å². The Morgan fingerprint density at radius 1 is 0.935 bits per heavy atom. The number of benzene rings is 2. The molecule has 0 fully saturated rings. The average Bonchev–Trinajstić information content (AvgIpc) is 3.13. The van der Waals surface area contributed by atoms with Crippen LogP contribution in [0.5, 0.6) is 0 Å². The van der Waals surface area contributed by atoms with E-state index in [9.17, 15) is 9.59 Å². The molecule has 0 radical (unpaired) electrons. The number of aryl methyl sites for hydroxylation is 3. The van der Waals surface area contributed by atoms with Gasteiger partial charge in [-0.1, -0.05) is 24.3 Å². The van der Waals surface area contributed by atoms with Crippen LogP contribution in [0.1, 0.15) is 37.5 Å². The number of para-hydroxylation sites is 1. The molecule has 1 N–H and O–H groups in total. The molecule has 0 unspecified atom stereocenters. The number of hydrogen-bond donors (Lipinski definition) is 1. The van der Waals surface area contributed by atoms with Crippen LogP contribution in [0, 0.1) is 20.8 Å². The zero-order valence-electron chi connectivity index (χ0n) is 17.8. The van der Waals surface area contributed by atoms with Crippen LogP contribution in [0.2, 0.25) is 0 Å². The Morgan fingerprint density at radius 2 is 1.68 bits per heavy atom. The van der Waals surface area contributed by atoms with Gasteiger partial charge in [-0.15, -0.1) is 0 Å². The van der Waals surface area contributed by atoms with E-state index in [2.05, 4.69) is 10.4 Å². The van der Waals surface area contributed by atoms with Crippen molar-refractivity contribution in [1.29, 1.82) is 0 Å². The number of rotatable bonds is 4. The maximum atomic E-state index is 12.9. The van der Waals surface area contributed by atoms with E-state index in [0.717, 1.165) is 27.7 Å². The van der Waals surface area contributed by atoms with Gasteiger partial charge in [-0.25, -0.2) is 9.78 Å². The summed E-state index contributed by atoms with van der Waals surface area (Å²) >= 11 is 0. The highest BCUT2D eigenvalue weighted by Gasteiger charge is 2.16. The first-order valence-electron chi connectivity index (χ1n) is 9.81. The summed E-state index contributed by atoms with van der Waals surface area (Å²) in [4.78, 5) is 29.5. The molecule has 7 heteroatoms. The van der Waals surface area contributed by atoms with Crippen LogP contribution >= 0.6 is 0 Å². The molecule has 0 bridgehead atoms. The minimum Gasteiger partial charge on any atom is -0.465 e. The number of nitrogens with zero attached hydrogens (tertiary/aromatic N) is 3. The first-order valence-corrected chi connectivity index (χ1v) is 9.81. The lowest BCUT2D eigenvalue weighted by Gasteiger charge is -2.12. The van der Waals surface area contributed by atoms with Gasteiger partial charge in [0.2, 0.25) is 0 Å². The molecular weight excluding hydrogens is 392 g/mol. The van der Waals surface area contributed by atoms with Crippen LogP contribution < -0.4 is 5.32 Å². The third-order valence-corrected chi connectivity index (χ3v) is 5.07. The Balaban J connectivity index is 1.72. The summed E-state index contributed by atoms with van der Waals surface area (Å²) in [5.74, 6) is 0.249. The predicted octanol–water partition coefficient (Wildman–Crippen LogP) is 4.38. The van der Waals surface area contributed by atoms with Gasteiger partial charge in [0, 0.05) is 17.0 Å². The normalized spacial score (nSPS) is 10.8. The fourth-order valence-electron chi connectivity index (χ4n) is 3.51. The van der Waals surface area contributed by atoms with E-state index in [1.807, 2.05) is 45.0 Å². The summed E-state index contributed by atoms with van der Waals surface area (Å²) in [6.45, 7) is 5.90. The lowest BCUT2D eigenvalue weighted by atomic mass is 10.1. The number of pyridine rings is 1. The lowest BCUT2D eigenvalue weighted by Crippen LogP contribution is -2.16. The number of carbonyl (C=O) groups is 2. The molecule has 2 heterocycles. The van der Waals surface area contributed by atoms with E-state index in [0.29, 0.717) is 22.8 Å². The highest BCUT2D eigenvalue weighted by molar-refractivity contribution is 6.05. The Hall–Kier alpha value is -4.00.